The van der Waals surface area contributed by atoms with Crippen LogP contribution in [-0.2, 0) is 6.42 Å². The van der Waals surface area contributed by atoms with Gasteiger partial charge >= 0.3 is 0 Å². The Morgan fingerprint density at radius 1 is 1.26 bits per heavy atom. The standard InChI is InChI=1S/C20H30N2O/c1-19(2)11-16-12-20(3,13-19)14-22(16)8-6-15-4-5-18-17(10-15)21-7-9-23-18/h4-5,10,16,21H,6-9,11-14H2,1-3H3. The van der Waals surface area contributed by atoms with Crippen LogP contribution < -0.4 is 10.1 Å². The summed E-state index contributed by atoms with van der Waals surface area (Å²) >= 11 is 0. The number of ether oxygens (including phenoxy) is 1. The number of hydrogen-bond acceptors (Lipinski definition) is 3. The van der Waals surface area contributed by atoms with E-state index in [1.165, 1.54) is 43.6 Å². The molecule has 2 unspecified atom stereocenters. The van der Waals surface area contributed by atoms with Gasteiger partial charge in [0.15, 0.2) is 0 Å². The molecule has 2 aliphatic heterocycles. The lowest BCUT2D eigenvalue weighted by atomic mass is 9.65. The van der Waals surface area contributed by atoms with E-state index in [4.69, 9.17) is 4.74 Å². The van der Waals surface area contributed by atoms with Crippen molar-refractivity contribution in [2.75, 3.05) is 31.6 Å². The second kappa shape index (κ2) is 5.41. The number of nitrogens with one attached hydrogen (secondary N) is 1. The van der Waals surface area contributed by atoms with Crippen LogP contribution in [0.4, 0.5) is 5.69 Å². The second-order valence-electron chi connectivity index (χ2n) is 9.04. The highest BCUT2D eigenvalue weighted by atomic mass is 16.5. The Morgan fingerprint density at radius 2 is 2.13 bits per heavy atom. The van der Waals surface area contributed by atoms with Gasteiger partial charge in [-0.25, -0.2) is 0 Å². The van der Waals surface area contributed by atoms with E-state index in [0.29, 0.717) is 10.8 Å². The van der Waals surface area contributed by atoms with Crippen LogP contribution in [0.2, 0.25) is 0 Å². The summed E-state index contributed by atoms with van der Waals surface area (Å²) in [5.74, 6) is 1.01. The summed E-state index contributed by atoms with van der Waals surface area (Å²) in [4.78, 5) is 2.76. The minimum absolute atomic E-state index is 0.513. The molecule has 0 aromatic heterocycles. The monoisotopic (exact) mass is 314 g/mol. The van der Waals surface area contributed by atoms with Crippen molar-refractivity contribution in [3.05, 3.63) is 23.8 Å². The first-order chi connectivity index (χ1) is 10.9. The predicted molar refractivity (Wildman–Crippen MR) is 95.2 cm³/mol. The first-order valence-electron chi connectivity index (χ1n) is 9.16. The smallest absolute Gasteiger partial charge is 0.142 e. The number of rotatable bonds is 3. The molecule has 4 rings (SSSR count). The van der Waals surface area contributed by atoms with Crippen LogP contribution in [-0.4, -0.2) is 37.2 Å². The van der Waals surface area contributed by atoms with Gasteiger partial charge in [0.05, 0.1) is 5.69 Å². The summed E-state index contributed by atoms with van der Waals surface area (Å²) in [5, 5.41) is 3.45. The van der Waals surface area contributed by atoms with Crippen LogP contribution in [0.15, 0.2) is 18.2 Å². The van der Waals surface area contributed by atoms with Crippen LogP contribution in [0.5, 0.6) is 5.75 Å². The molecule has 1 aromatic rings. The van der Waals surface area contributed by atoms with Crippen molar-refractivity contribution in [3.8, 4) is 5.75 Å². The molecule has 1 aromatic carbocycles. The summed E-state index contributed by atoms with van der Waals surface area (Å²) in [7, 11) is 0. The highest BCUT2D eigenvalue weighted by molar-refractivity contribution is 5.59. The molecule has 2 bridgehead atoms. The molecule has 0 amide bonds. The fraction of sp³-hybridized carbons (Fsp3) is 0.700. The third-order valence-corrected chi connectivity index (χ3v) is 5.93. The molecule has 2 atom stereocenters. The van der Waals surface area contributed by atoms with Gasteiger partial charge in [-0.1, -0.05) is 26.8 Å². The summed E-state index contributed by atoms with van der Waals surface area (Å²) in [5.41, 5.74) is 3.64. The van der Waals surface area contributed by atoms with Gasteiger partial charge in [0.1, 0.15) is 12.4 Å². The van der Waals surface area contributed by atoms with E-state index in [1.54, 1.807) is 0 Å². The first kappa shape index (κ1) is 15.3. The van der Waals surface area contributed by atoms with Gasteiger partial charge in [0.25, 0.3) is 0 Å². The van der Waals surface area contributed by atoms with Gasteiger partial charge in [-0.3, -0.25) is 4.90 Å². The molecule has 1 saturated heterocycles. The van der Waals surface area contributed by atoms with E-state index in [2.05, 4.69) is 49.2 Å². The number of nitrogens with zero attached hydrogens (tertiary/aromatic N) is 1. The Morgan fingerprint density at radius 3 is 3.00 bits per heavy atom. The Labute approximate surface area is 140 Å². The number of fused-ring (bicyclic) bond motifs is 3. The Hall–Kier alpha value is -1.22. The van der Waals surface area contributed by atoms with Crippen LogP contribution in [0.1, 0.15) is 45.6 Å². The molecule has 1 N–H and O–H groups in total. The third kappa shape index (κ3) is 3.08. The quantitative estimate of drug-likeness (QED) is 0.915. The van der Waals surface area contributed by atoms with E-state index < -0.39 is 0 Å². The van der Waals surface area contributed by atoms with Gasteiger partial charge < -0.3 is 10.1 Å². The molecule has 0 spiro atoms. The minimum atomic E-state index is 0.513. The summed E-state index contributed by atoms with van der Waals surface area (Å²) < 4.78 is 5.68. The zero-order valence-corrected chi connectivity index (χ0v) is 14.8. The van der Waals surface area contributed by atoms with Gasteiger partial charge in [-0.2, -0.15) is 0 Å². The largest absolute Gasteiger partial charge is 0.490 e. The maximum Gasteiger partial charge on any atom is 0.142 e. The van der Waals surface area contributed by atoms with Crippen LogP contribution in [0.25, 0.3) is 0 Å². The van der Waals surface area contributed by atoms with E-state index in [0.717, 1.165) is 31.4 Å². The maximum absolute atomic E-state index is 5.68. The molecular formula is C20H30N2O. The molecule has 126 valence electrons. The fourth-order valence-corrected chi connectivity index (χ4v) is 5.45. The lowest BCUT2D eigenvalue weighted by Crippen LogP contribution is -2.35. The molecule has 0 radical (unpaired) electrons. The number of anilines is 1. The van der Waals surface area contributed by atoms with Crippen molar-refractivity contribution in [1.29, 1.82) is 0 Å². The molecular weight excluding hydrogens is 284 g/mol. The average molecular weight is 314 g/mol. The predicted octanol–water partition coefficient (Wildman–Crippen LogP) is 3.93. The molecule has 3 aliphatic rings. The first-order valence-corrected chi connectivity index (χ1v) is 9.16. The lowest BCUT2D eigenvalue weighted by Gasteiger charge is -2.40. The van der Waals surface area contributed by atoms with E-state index in [9.17, 15) is 0 Å². The summed E-state index contributed by atoms with van der Waals surface area (Å²) in [6, 6.07) is 7.44. The van der Waals surface area contributed by atoms with E-state index >= 15 is 0 Å². The molecule has 23 heavy (non-hydrogen) atoms. The zero-order valence-electron chi connectivity index (χ0n) is 14.8. The molecule has 1 saturated carbocycles. The Bertz CT molecular complexity index is 597. The van der Waals surface area contributed by atoms with Crippen molar-refractivity contribution in [2.45, 2.75) is 52.5 Å². The van der Waals surface area contributed by atoms with Crippen LogP contribution in [0.3, 0.4) is 0 Å². The molecule has 3 nitrogen and oxygen atoms in total. The van der Waals surface area contributed by atoms with Gasteiger partial charge in [0, 0.05) is 25.7 Å². The Kier molecular flexibility index (Phi) is 3.60. The normalized spacial score (nSPS) is 32.0. The van der Waals surface area contributed by atoms with Crippen molar-refractivity contribution < 1.29 is 4.74 Å². The summed E-state index contributed by atoms with van der Waals surface area (Å²) in [6.07, 6.45) is 5.28. The Balaban J connectivity index is 1.42. The van der Waals surface area contributed by atoms with Gasteiger partial charge in [0.2, 0.25) is 0 Å². The van der Waals surface area contributed by atoms with Crippen LogP contribution >= 0.6 is 0 Å². The topological polar surface area (TPSA) is 24.5 Å². The van der Waals surface area contributed by atoms with Gasteiger partial charge in [-0.15, -0.1) is 0 Å². The van der Waals surface area contributed by atoms with Crippen molar-refractivity contribution in [1.82, 2.24) is 4.90 Å². The SMILES string of the molecule is CC1(C)CC2CC(C)(CN2CCc2ccc3c(c2)NCCO3)C1. The van der Waals surface area contributed by atoms with Crippen molar-refractivity contribution >= 4 is 5.69 Å². The third-order valence-electron chi connectivity index (χ3n) is 5.93. The van der Waals surface area contributed by atoms with E-state index in [-0.39, 0.29) is 0 Å². The van der Waals surface area contributed by atoms with Gasteiger partial charge in [-0.05, 0) is 54.2 Å². The van der Waals surface area contributed by atoms with Crippen LogP contribution in [0, 0.1) is 10.8 Å². The fourth-order valence-electron chi connectivity index (χ4n) is 5.45. The van der Waals surface area contributed by atoms with Crippen molar-refractivity contribution in [3.63, 3.8) is 0 Å². The highest BCUT2D eigenvalue weighted by Gasteiger charge is 2.49. The number of likely N-dealkylation sites (tertiary alicyclic amines) is 1. The average Bonchev–Trinajstić information content (AvgIpc) is 2.73. The number of hydrogen-bond donors (Lipinski definition) is 1. The maximum atomic E-state index is 5.68. The zero-order chi connectivity index (χ0) is 16.1. The minimum Gasteiger partial charge on any atom is -0.490 e. The second-order valence-corrected chi connectivity index (χ2v) is 9.04. The molecule has 2 fully saturated rings. The van der Waals surface area contributed by atoms with Crippen molar-refractivity contribution in [2.24, 2.45) is 10.8 Å². The number of benzene rings is 1. The lowest BCUT2D eigenvalue weighted by molar-refractivity contribution is 0.127. The highest BCUT2D eigenvalue weighted by Crippen LogP contribution is 2.52. The summed E-state index contributed by atoms with van der Waals surface area (Å²) in [6.45, 7) is 11.6. The molecule has 2 heterocycles. The molecule has 3 heteroatoms. The molecule has 1 aliphatic carbocycles. The van der Waals surface area contributed by atoms with E-state index in [1.807, 2.05) is 0 Å².